The predicted molar refractivity (Wildman–Crippen MR) is 67.5 cm³/mol. The van der Waals surface area contributed by atoms with Crippen molar-refractivity contribution >= 4 is 6.08 Å². The van der Waals surface area contributed by atoms with Crippen LogP contribution in [0.3, 0.4) is 0 Å². The molecule has 0 fully saturated rings. The minimum absolute atomic E-state index is 0.0930. The molecule has 0 N–H and O–H groups in total. The quantitative estimate of drug-likeness (QED) is 0.579. The summed E-state index contributed by atoms with van der Waals surface area (Å²) >= 11 is 0. The van der Waals surface area contributed by atoms with Crippen molar-refractivity contribution in [1.82, 2.24) is 0 Å². The molecule has 0 saturated carbocycles. The Bertz CT molecular complexity index is 424. The Morgan fingerprint density at radius 2 is 2.24 bits per heavy atom. The maximum atomic E-state index is 10.7. The van der Waals surface area contributed by atoms with Gasteiger partial charge in [0.05, 0.1) is 11.0 Å². The summed E-state index contributed by atoms with van der Waals surface area (Å²) in [7, 11) is 0. The first-order valence-corrected chi connectivity index (χ1v) is 5.64. The number of benzene rings is 1. The average molecular weight is 235 g/mol. The van der Waals surface area contributed by atoms with Crippen LogP contribution in [0.2, 0.25) is 0 Å². The molecule has 92 valence electrons. The molecule has 4 heteroatoms. The SMILES string of the molecule is CC/C(=C\c1cccc(OC(C)C)c1)[N+](=O)[O-]. The van der Waals surface area contributed by atoms with E-state index in [0.717, 1.165) is 11.3 Å². The minimum Gasteiger partial charge on any atom is -0.491 e. The molecule has 0 aliphatic heterocycles. The first kappa shape index (κ1) is 13.2. The molecule has 0 atom stereocenters. The summed E-state index contributed by atoms with van der Waals surface area (Å²) in [5, 5.41) is 10.7. The molecule has 0 aliphatic carbocycles. The van der Waals surface area contributed by atoms with Gasteiger partial charge in [0.1, 0.15) is 5.75 Å². The summed E-state index contributed by atoms with van der Waals surface area (Å²) in [5.74, 6) is 0.729. The zero-order valence-corrected chi connectivity index (χ0v) is 10.3. The number of rotatable bonds is 5. The van der Waals surface area contributed by atoms with Gasteiger partial charge in [-0.1, -0.05) is 19.1 Å². The number of nitro groups is 1. The van der Waals surface area contributed by atoms with Crippen LogP contribution >= 0.6 is 0 Å². The van der Waals surface area contributed by atoms with Crippen LogP contribution in [0.25, 0.3) is 6.08 Å². The van der Waals surface area contributed by atoms with Crippen LogP contribution in [0, 0.1) is 10.1 Å². The maximum Gasteiger partial charge on any atom is 0.246 e. The maximum absolute atomic E-state index is 10.7. The first-order chi connectivity index (χ1) is 8.02. The highest BCUT2D eigenvalue weighted by Gasteiger charge is 2.07. The Balaban J connectivity index is 2.95. The molecule has 1 aromatic carbocycles. The molecule has 0 amide bonds. The molecule has 1 aromatic rings. The van der Waals surface area contributed by atoms with E-state index in [1.807, 2.05) is 32.0 Å². The van der Waals surface area contributed by atoms with E-state index in [2.05, 4.69) is 0 Å². The fourth-order valence-corrected chi connectivity index (χ4v) is 1.43. The Hall–Kier alpha value is -1.84. The number of hydrogen-bond acceptors (Lipinski definition) is 3. The average Bonchev–Trinajstić information content (AvgIpc) is 2.25. The van der Waals surface area contributed by atoms with Crippen molar-refractivity contribution in [2.45, 2.75) is 33.3 Å². The van der Waals surface area contributed by atoms with E-state index in [1.165, 1.54) is 0 Å². The van der Waals surface area contributed by atoms with Crippen LogP contribution in [-0.2, 0) is 0 Å². The highest BCUT2D eigenvalue weighted by molar-refractivity contribution is 5.53. The molecule has 0 unspecified atom stereocenters. The zero-order valence-electron chi connectivity index (χ0n) is 10.3. The van der Waals surface area contributed by atoms with Crippen molar-refractivity contribution in [3.8, 4) is 5.75 Å². The van der Waals surface area contributed by atoms with Crippen molar-refractivity contribution in [1.29, 1.82) is 0 Å². The Labute approximate surface area is 101 Å². The summed E-state index contributed by atoms with van der Waals surface area (Å²) < 4.78 is 5.53. The van der Waals surface area contributed by atoms with E-state index in [0.29, 0.717) is 6.42 Å². The number of hydrogen-bond donors (Lipinski definition) is 0. The molecule has 0 saturated heterocycles. The van der Waals surface area contributed by atoms with E-state index in [-0.39, 0.29) is 16.7 Å². The second kappa shape index (κ2) is 6.03. The highest BCUT2D eigenvalue weighted by Crippen LogP contribution is 2.18. The Morgan fingerprint density at radius 1 is 1.53 bits per heavy atom. The summed E-state index contributed by atoms with van der Waals surface area (Å²) in [5.41, 5.74) is 0.989. The topological polar surface area (TPSA) is 52.4 Å². The lowest BCUT2D eigenvalue weighted by Crippen LogP contribution is -2.05. The molecular weight excluding hydrogens is 218 g/mol. The molecule has 0 aromatic heterocycles. The van der Waals surface area contributed by atoms with Crippen molar-refractivity contribution in [3.63, 3.8) is 0 Å². The lowest BCUT2D eigenvalue weighted by Gasteiger charge is -2.09. The fraction of sp³-hybridized carbons (Fsp3) is 0.385. The molecule has 17 heavy (non-hydrogen) atoms. The van der Waals surface area contributed by atoms with Crippen molar-refractivity contribution in [3.05, 3.63) is 45.6 Å². The molecule has 0 bridgehead atoms. The van der Waals surface area contributed by atoms with Crippen LogP contribution in [0.5, 0.6) is 5.75 Å². The molecule has 0 heterocycles. The summed E-state index contributed by atoms with van der Waals surface area (Å²) in [6.07, 6.45) is 2.07. The monoisotopic (exact) mass is 235 g/mol. The van der Waals surface area contributed by atoms with E-state index in [9.17, 15) is 10.1 Å². The third-order valence-corrected chi connectivity index (χ3v) is 2.16. The molecule has 0 spiro atoms. The molecule has 0 radical (unpaired) electrons. The van der Waals surface area contributed by atoms with Crippen LogP contribution in [0.4, 0.5) is 0 Å². The third kappa shape index (κ3) is 4.26. The lowest BCUT2D eigenvalue weighted by atomic mass is 10.1. The van der Waals surface area contributed by atoms with Crippen molar-refractivity contribution in [2.75, 3.05) is 0 Å². The predicted octanol–water partition coefficient (Wildman–Crippen LogP) is 3.50. The highest BCUT2D eigenvalue weighted by atomic mass is 16.6. The molecule has 1 rings (SSSR count). The normalized spacial score (nSPS) is 11.6. The van der Waals surface area contributed by atoms with Crippen LogP contribution in [0.1, 0.15) is 32.8 Å². The van der Waals surface area contributed by atoms with Gasteiger partial charge in [-0.3, -0.25) is 10.1 Å². The smallest absolute Gasteiger partial charge is 0.246 e. The van der Waals surface area contributed by atoms with Gasteiger partial charge in [-0.05, 0) is 31.5 Å². The van der Waals surface area contributed by atoms with E-state index in [4.69, 9.17) is 4.74 Å². The van der Waals surface area contributed by atoms with Gasteiger partial charge >= 0.3 is 0 Å². The van der Waals surface area contributed by atoms with Gasteiger partial charge in [-0.15, -0.1) is 0 Å². The van der Waals surface area contributed by atoms with E-state index >= 15 is 0 Å². The summed E-state index contributed by atoms with van der Waals surface area (Å²) in [6, 6.07) is 7.30. The summed E-state index contributed by atoms with van der Waals surface area (Å²) in [4.78, 5) is 10.4. The number of ether oxygens (including phenoxy) is 1. The molecule has 4 nitrogen and oxygen atoms in total. The van der Waals surface area contributed by atoms with Crippen LogP contribution in [-0.4, -0.2) is 11.0 Å². The van der Waals surface area contributed by atoms with Gasteiger partial charge in [-0.2, -0.15) is 0 Å². The minimum atomic E-state index is -0.351. The van der Waals surface area contributed by atoms with Gasteiger partial charge in [0, 0.05) is 12.5 Å². The van der Waals surface area contributed by atoms with Gasteiger partial charge in [0.25, 0.3) is 0 Å². The molecule has 0 aliphatic rings. The van der Waals surface area contributed by atoms with Gasteiger partial charge in [0.15, 0.2) is 0 Å². The largest absolute Gasteiger partial charge is 0.491 e. The molecular formula is C13H17NO3. The van der Waals surface area contributed by atoms with E-state index in [1.54, 1.807) is 19.1 Å². The zero-order chi connectivity index (χ0) is 12.8. The number of nitrogens with zero attached hydrogens (tertiary/aromatic N) is 1. The van der Waals surface area contributed by atoms with Crippen LogP contribution in [0.15, 0.2) is 30.0 Å². The van der Waals surface area contributed by atoms with Gasteiger partial charge in [0.2, 0.25) is 5.70 Å². The second-order valence-corrected chi connectivity index (χ2v) is 3.99. The van der Waals surface area contributed by atoms with Gasteiger partial charge in [-0.25, -0.2) is 0 Å². The first-order valence-electron chi connectivity index (χ1n) is 5.64. The number of allylic oxidation sites excluding steroid dienone is 1. The third-order valence-electron chi connectivity index (χ3n) is 2.16. The standard InChI is InChI=1S/C13H17NO3/c1-4-12(14(15)16)8-11-6-5-7-13(9-11)17-10(2)3/h5-10H,4H2,1-3H3/b12-8+. The van der Waals surface area contributed by atoms with Crippen molar-refractivity contribution < 1.29 is 9.66 Å². The van der Waals surface area contributed by atoms with Crippen molar-refractivity contribution in [2.24, 2.45) is 0 Å². The van der Waals surface area contributed by atoms with Gasteiger partial charge < -0.3 is 4.74 Å². The Morgan fingerprint density at radius 3 is 2.76 bits per heavy atom. The van der Waals surface area contributed by atoms with Crippen LogP contribution < -0.4 is 4.74 Å². The lowest BCUT2D eigenvalue weighted by molar-refractivity contribution is -0.425. The fourth-order valence-electron chi connectivity index (χ4n) is 1.43. The van der Waals surface area contributed by atoms with E-state index < -0.39 is 0 Å². The summed E-state index contributed by atoms with van der Waals surface area (Å²) in [6.45, 7) is 5.65. The Kier molecular flexibility index (Phi) is 4.69. The second-order valence-electron chi connectivity index (χ2n) is 3.99.